The van der Waals surface area contributed by atoms with Gasteiger partial charge in [-0.2, -0.15) is 0 Å². The van der Waals surface area contributed by atoms with E-state index in [9.17, 15) is 14.4 Å². The molecule has 0 saturated carbocycles. The molecule has 0 fully saturated rings. The molecule has 6 nitrogen and oxygen atoms in total. The van der Waals surface area contributed by atoms with Gasteiger partial charge in [0.1, 0.15) is 13.2 Å². The molecular formula is C59H106O6. The van der Waals surface area contributed by atoms with Crippen LogP contribution in [0.4, 0.5) is 0 Å². The van der Waals surface area contributed by atoms with E-state index in [2.05, 4.69) is 69.4 Å². The molecule has 0 amide bonds. The van der Waals surface area contributed by atoms with Crippen LogP contribution in [0, 0.1) is 0 Å². The summed E-state index contributed by atoms with van der Waals surface area (Å²) in [6.45, 7) is 6.59. The molecular weight excluding hydrogens is 805 g/mol. The van der Waals surface area contributed by atoms with Gasteiger partial charge in [0.15, 0.2) is 6.10 Å². The predicted molar refractivity (Wildman–Crippen MR) is 279 cm³/mol. The minimum atomic E-state index is -0.781. The fourth-order valence-electron chi connectivity index (χ4n) is 8.01. The molecule has 0 N–H and O–H groups in total. The molecule has 0 aliphatic rings. The maximum atomic E-state index is 12.8. The van der Waals surface area contributed by atoms with Gasteiger partial charge in [0, 0.05) is 19.3 Å². The Labute approximate surface area is 403 Å². The minimum Gasteiger partial charge on any atom is -0.462 e. The van der Waals surface area contributed by atoms with E-state index in [0.29, 0.717) is 19.3 Å². The first-order chi connectivity index (χ1) is 32.0. The Hall–Kier alpha value is -2.63. The number of carbonyl (C=O) groups excluding carboxylic acids is 3. The van der Waals surface area contributed by atoms with Crippen molar-refractivity contribution in [1.29, 1.82) is 0 Å². The van der Waals surface area contributed by atoms with Crippen LogP contribution in [0.2, 0.25) is 0 Å². The Morgan fingerprint density at radius 1 is 0.308 bits per heavy atom. The van der Waals surface area contributed by atoms with E-state index in [-0.39, 0.29) is 31.1 Å². The lowest BCUT2D eigenvalue weighted by Crippen LogP contribution is -2.30. The van der Waals surface area contributed by atoms with Crippen LogP contribution in [0.1, 0.15) is 290 Å². The Bertz CT molecular complexity index is 1140. The molecule has 0 rings (SSSR count). The number of rotatable bonds is 51. The topological polar surface area (TPSA) is 78.9 Å². The van der Waals surface area contributed by atoms with Crippen molar-refractivity contribution in [3.63, 3.8) is 0 Å². The van der Waals surface area contributed by atoms with E-state index in [1.165, 1.54) is 173 Å². The predicted octanol–water partition coefficient (Wildman–Crippen LogP) is 18.7. The number of hydrogen-bond donors (Lipinski definition) is 0. The van der Waals surface area contributed by atoms with Crippen LogP contribution in [0.3, 0.4) is 0 Å². The molecule has 1 atom stereocenters. The van der Waals surface area contributed by atoms with E-state index in [0.717, 1.165) is 77.0 Å². The first-order valence-electron chi connectivity index (χ1n) is 28.2. The third kappa shape index (κ3) is 52.2. The van der Waals surface area contributed by atoms with Crippen molar-refractivity contribution >= 4 is 17.9 Å². The maximum Gasteiger partial charge on any atom is 0.306 e. The average Bonchev–Trinajstić information content (AvgIpc) is 3.30. The van der Waals surface area contributed by atoms with E-state index in [1.807, 2.05) is 0 Å². The van der Waals surface area contributed by atoms with Gasteiger partial charge in [-0.05, 0) is 96.3 Å². The summed E-state index contributed by atoms with van der Waals surface area (Å²) in [5.41, 5.74) is 0. The summed E-state index contributed by atoms with van der Waals surface area (Å²) < 4.78 is 16.8. The summed E-state index contributed by atoms with van der Waals surface area (Å²) in [7, 11) is 0. The SMILES string of the molecule is CCCCC/C=C\C=C/CCCCCCCCCCCCC(=O)OCC(COC(=O)CCCCCCC/C=C\CCCCC)OC(=O)CCCCCCC/C=C\CCCCCCCCC. The lowest BCUT2D eigenvalue weighted by Gasteiger charge is -2.18. The van der Waals surface area contributed by atoms with Crippen LogP contribution >= 0.6 is 0 Å². The summed E-state index contributed by atoms with van der Waals surface area (Å²) in [5.74, 6) is -0.890. The molecule has 0 radical (unpaired) electrons. The zero-order valence-electron chi connectivity index (χ0n) is 43.3. The van der Waals surface area contributed by atoms with Crippen LogP contribution in [0.15, 0.2) is 48.6 Å². The van der Waals surface area contributed by atoms with Gasteiger partial charge in [-0.25, -0.2) is 0 Å². The summed E-state index contributed by atoms with van der Waals surface area (Å²) >= 11 is 0. The molecule has 0 aliphatic carbocycles. The largest absolute Gasteiger partial charge is 0.462 e. The van der Waals surface area contributed by atoms with Gasteiger partial charge in [-0.1, -0.05) is 223 Å². The highest BCUT2D eigenvalue weighted by Gasteiger charge is 2.19. The Morgan fingerprint density at radius 3 is 0.892 bits per heavy atom. The highest BCUT2D eigenvalue weighted by atomic mass is 16.6. The summed E-state index contributed by atoms with van der Waals surface area (Å²) in [6.07, 6.45) is 65.2. The third-order valence-corrected chi connectivity index (χ3v) is 12.3. The van der Waals surface area contributed by atoms with Crippen molar-refractivity contribution in [2.24, 2.45) is 0 Å². The highest BCUT2D eigenvalue weighted by molar-refractivity contribution is 5.71. The van der Waals surface area contributed by atoms with Crippen molar-refractivity contribution in [3.05, 3.63) is 48.6 Å². The molecule has 6 heteroatoms. The second-order valence-corrected chi connectivity index (χ2v) is 18.9. The molecule has 0 heterocycles. The monoisotopic (exact) mass is 911 g/mol. The van der Waals surface area contributed by atoms with Crippen molar-refractivity contribution in [2.75, 3.05) is 13.2 Å². The van der Waals surface area contributed by atoms with E-state index >= 15 is 0 Å². The van der Waals surface area contributed by atoms with E-state index in [1.54, 1.807) is 0 Å². The summed E-state index contributed by atoms with van der Waals surface area (Å²) in [5, 5.41) is 0. The lowest BCUT2D eigenvalue weighted by molar-refractivity contribution is -0.167. The molecule has 0 aliphatic heterocycles. The third-order valence-electron chi connectivity index (χ3n) is 12.3. The summed E-state index contributed by atoms with van der Waals surface area (Å²) in [6, 6.07) is 0. The van der Waals surface area contributed by atoms with Crippen molar-refractivity contribution in [3.8, 4) is 0 Å². The van der Waals surface area contributed by atoms with Gasteiger partial charge in [0.25, 0.3) is 0 Å². The molecule has 378 valence electrons. The number of carbonyl (C=O) groups is 3. The van der Waals surface area contributed by atoms with Crippen LogP contribution in [0.25, 0.3) is 0 Å². The van der Waals surface area contributed by atoms with Crippen LogP contribution in [0.5, 0.6) is 0 Å². The van der Waals surface area contributed by atoms with Crippen molar-refractivity contribution < 1.29 is 28.6 Å². The molecule has 1 unspecified atom stereocenters. The van der Waals surface area contributed by atoms with Gasteiger partial charge in [0.2, 0.25) is 0 Å². The summed E-state index contributed by atoms with van der Waals surface area (Å²) in [4.78, 5) is 38.1. The highest BCUT2D eigenvalue weighted by Crippen LogP contribution is 2.15. The Morgan fingerprint density at radius 2 is 0.554 bits per heavy atom. The molecule has 0 bridgehead atoms. The average molecular weight is 911 g/mol. The van der Waals surface area contributed by atoms with Crippen molar-refractivity contribution in [2.45, 2.75) is 297 Å². The van der Waals surface area contributed by atoms with Crippen molar-refractivity contribution in [1.82, 2.24) is 0 Å². The first kappa shape index (κ1) is 62.4. The normalized spacial score (nSPS) is 12.4. The van der Waals surface area contributed by atoms with Crippen LogP contribution in [-0.2, 0) is 28.6 Å². The molecule has 0 spiro atoms. The Kier molecular flexibility index (Phi) is 51.8. The number of hydrogen-bond acceptors (Lipinski definition) is 6. The van der Waals surface area contributed by atoms with E-state index < -0.39 is 6.10 Å². The fraction of sp³-hybridized carbons (Fsp3) is 0.814. The number of ether oxygens (including phenoxy) is 3. The molecule has 0 aromatic heterocycles. The molecule has 0 aromatic carbocycles. The zero-order valence-corrected chi connectivity index (χ0v) is 43.3. The van der Waals surface area contributed by atoms with Gasteiger partial charge >= 0.3 is 17.9 Å². The standard InChI is InChI=1S/C59H106O6/c1-4-7-10-13-16-19-22-25-27-29-30-31-33-34-37-40-43-46-49-52-58(61)64-55-56(54-63-57(60)51-48-45-42-39-36-24-21-18-15-12-9-6-3)65-59(62)53-50-47-44-41-38-35-32-28-26-23-20-17-14-11-8-5-2/h16,18-19,21-22,25,28,32,56H,4-15,17,20,23-24,26-27,29-31,33-55H2,1-3H3/b19-16-,21-18-,25-22-,32-28-. The number of unbranched alkanes of at least 4 members (excludes halogenated alkanes) is 33. The first-order valence-corrected chi connectivity index (χ1v) is 28.2. The quantitative estimate of drug-likeness (QED) is 0.0199. The van der Waals surface area contributed by atoms with Gasteiger partial charge in [0.05, 0.1) is 0 Å². The number of esters is 3. The zero-order chi connectivity index (χ0) is 47.2. The lowest BCUT2D eigenvalue weighted by atomic mass is 10.1. The van der Waals surface area contributed by atoms with Gasteiger partial charge < -0.3 is 14.2 Å². The van der Waals surface area contributed by atoms with Gasteiger partial charge in [-0.15, -0.1) is 0 Å². The molecule has 65 heavy (non-hydrogen) atoms. The van der Waals surface area contributed by atoms with Gasteiger partial charge in [-0.3, -0.25) is 14.4 Å². The maximum absolute atomic E-state index is 12.8. The second-order valence-electron chi connectivity index (χ2n) is 18.9. The smallest absolute Gasteiger partial charge is 0.306 e. The van der Waals surface area contributed by atoms with Crippen LogP contribution < -0.4 is 0 Å². The van der Waals surface area contributed by atoms with Crippen LogP contribution in [-0.4, -0.2) is 37.2 Å². The number of allylic oxidation sites excluding steroid dienone is 8. The Balaban J connectivity index is 4.35. The second kappa shape index (κ2) is 54.0. The fourth-order valence-corrected chi connectivity index (χ4v) is 8.01. The molecule has 0 saturated heterocycles. The molecule has 0 aromatic rings. The minimum absolute atomic E-state index is 0.0795. The van der Waals surface area contributed by atoms with E-state index in [4.69, 9.17) is 14.2 Å².